The van der Waals surface area contributed by atoms with Crippen LogP contribution in [0.1, 0.15) is 18.5 Å². The number of hydrogen-bond acceptors (Lipinski definition) is 2. The molecule has 0 amide bonds. The highest BCUT2D eigenvalue weighted by molar-refractivity contribution is 6.36. The molecule has 0 saturated carbocycles. The van der Waals surface area contributed by atoms with Crippen LogP contribution in [0.3, 0.4) is 0 Å². The fraction of sp³-hybridized carbons (Fsp3) is 0.500. The second-order valence-corrected chi connectivity index (χ2v) is 4.91. The molecule has 1 aromatic rings. The third kappa shape index (κ3) is 2.51. The van der Waals surface area contributed by atoms with Crippen LogP contribution in [0.5, 0.6) is 0 Å². The van der Waals surface area contributed by atoms with Gasteiger partial charge in [-0.25, -0.2) is 0 Å². The van der Waals surface area contributed by atoms with Crippen molar-refractivity contribution in [3.8, 4) is 0 Å². The van der Waals surface area contributed by atoms with Crippen molar-refractivity contribution in [1.29, 1.82) is 0 Å². The van der Waals surface area contributed by atoms with Gasteiger partial charge >= 0.3 is 0 Å². The number of benzene rings is 1. The maximum absolute atomic E-state index is 6.22. The minimum atomic E-state index is 0.281. The molecule has 1 aromatic carbocycles. The molecule has 0 spiro atoms. The van der Waals surface area contributed by atoms with E-state index in [4.69, 9.17) is 23.2 Å². The molecule has 1 N–H and O–H groups in total. The first-order valence-corrected chi connectivity index (χ1v) is 6.34. The zero-order valence-corrected chi connectivity index (χ0v) is 10.9. The van der Waals surface area contributed by atoms with Crippen LogP contribution in [0, 0.1) is 0 Å². The molecule has 0 aliphatic carbocycles. The van der Waals surface area contributed by atoms with Crippen molar-refractivity contribution in [2.45, 2.75) is 13.0 Å². The van der Waals surface area contributed by atoms with E-state index in [9.17, 15) is 0 Å². The normalized spacial score (nSPS) is 19.7. The van der Waals surface area contributed by atoms with E-state index in [-0.39, 0.29) is 6.04 Å². The van der Waals surface area contributed by atoms with E-state index in [2.05, 4.69) is 17.1 Å². The van der Waals surface area contributed by atoms with Crippen LogP contribution >= 0.6 is 23.2 Å². The van der Waals surface area contributed by atoms with Crippen LogP contribution in [-0.4, -0.2) is 31.1 Å². The van der Waals surface area contributed by atoms with E-state index in [1.807, 2.05) is 18.2 Å². The van der Waals surface area contributed by atoms with Gasteiger partial charge in [-0.15, -0.1) is 0 Å². The molecule has 0 radical (unpaired) electrons. The maximum atomic E-state index is 6.22. The summed E-state index contributed by atoms with van der Waals surface area (Å²) in [6.07, 6.45) is 0. The summed E-state index contributed by atoms with van der Waals surface area (Å²) in [6, 6.07) is 5.98. The van der Waals surface area contributed by atoms with Gasteiger partial charge in [-0.05, 0) is 19.1 Å². The Morgan fingerprint density at radius 1 is 1.19 bits per heavy atom. The molecule has 0 bridgehead atoms. The molecular formula is C12H16Cl2N2. The first-order valence-electron chi connectivity index (χ1n) is 5.59. The zero-order chi connectivity index (χ0) is 11.5. The molecule has 2 rings (SSSR count). The Morgan fingerprint density at radius 3 is 2.31 bits per heavy atom. The highest BCUT2D eigenvalue weighted by Crippen LogP contribution is 2.33. The van der Waals surface area contributed by atoms with Crippen molar-refractivity contribution in [3.63, 3.8) is 0 Å². The number of rotatable bonds is 2. The second kappa shape index (κ2) is 5.37. The highest BCUT2D eigenvalue weighted by Gasteiger charge is 2.21. The minimum Gasteiger partial charge on any atom is -0.314 e. The molecule has 1 fully saturated rings. The van der Waals surface area contributed by atoms with E-state index >= 15 is 0 Å². The van der Waals surface area contributed by atoms with Crippen LogP contribution in [0.25, 0.3) is 0 Å². The molecule has 4 heteroatoms. The van der Waals surface area contributed by atoms with Crippen molar-refractivity contribution in [1.82, 2.24) is 10.2 Å². The number of piperazine rings is 1. The Hall–Kier alpha value is -0.280. The third-order valence-electron chi connectivity index (χ3n) is 3.12. The van der Waals surface area contributed by atoms with Crippen LogP contribution in [0.2, 0.25) is 10.0 Å². The maximum Gasteiger partial charge on any atom is 0.0468 e. The summed E-state index contributed by atoms with van der Waals surface area (Å²) in [5.74, 6) is 0. The van der Waals surface area contributed by atoms with E-state index in [0.717, 1.165) is 41.8 Å². The van der Waals surface area contributed by atoms with Crippen molar-refractivity contribution in [3.05, 3.63) is 33.8 Å². The standard InChI is InChI=1S/C12H16Cl2N2/c1-9(16-7-5-15-6-8-16)12-10(13)3-2-4-11(12)14/h2-4,9,15H,5-8H2,1H3/t9-/m1/s1. The monoisotopic (exact) mass is 258 g/mol. The van der Waals surface area contributed by atoms with E-state index in [1.165, 1.54) is 0 Å². The van der Waals surface area contributed by atoms with Gasteiger partial charge in [0.05, 0.1) is 0 Å². The Bertz CT molecular complexity index is 342. The molecular weight excluding hydrogens is 243 g/mol. The van der Waals surface area contributed by atoms with Crippen molar-refractivity contribution >= 4 is 23.2 Å². The van der Waals surface area contributed by atoms with Gasteiger partial charge in [-0.3, -0.25) is 4.90 Å². The highest BCUT2D eigenvalue weighted by atomic mass is 35.5. The number of nitrogens with one attached hydrogen (secondary N) is 1. The molecule has 1 aliphatic rings. The predicted molar refractivity (Wildman–Crippen MR) is 69.3 cm³/mol. The summed E-state index contributed by atoms with van der Waals surface area (Å²) in [5, 5.41) is 4.87. The van der Waals surface area contributed by atoms with Crippen LogP contribution in [0.4, 0.5) is 0 Å². The molecule has 16 heavy (non-hydrogen) atoms. The van der Waals surface area contributed by atoms with Crippen molar-refractivity contribution < 1.29 is 0 Å². The second-order valence-electron chi connectivity index (χ2n) is 4.10. The van der Waals surface area contributed by atoms with Gasteiger partial charge in [0, 0.05) is 47.8 Å². The van der Waals surface area contributed by atoms with Gasteiger partial charge in [0.25, 0.3) is 0 Å². The first-order chi connectivity index (χ1) is 7.70. The van der Waals surface area contributed by atoms with E-state index in [0.29, 0.717) is 0 Å². The molecule has 1 aliphatic heterocycles. The smallest absolute Gasteiger partial charge is 0.0468 e. The largest absolute Gasteiger partial charge is 0.314 e. The molecule has 0 aromatic heterocycles. The SMILES string of the molecule is C[C@H](c1c(Cl)cccc1Cl)N1CCNCC1. The molecule has 0 unspecified atom stereocenters. The quantitative estimate of drug-likeness (QED) is 0.878. The lowest BCUT2D eigenvalue weighted by molar-refractivity contribution is 0.185. The van der Waals surface area contributed by atoms with Crippen LogP contribution in [-0.2, 0) is 0 Å². The lowest BCUT2D eigenvalue weighted by Gasteiger charge is -2.33. The van der Waals surface area contributed by atoms with Gasteiger partial charge in [0.2, 0.25) is 0 Å². The molecule has 1 heterocycles. The number of hydrogen-bond donors (Lipinski definition) is 1. The summed E-state index contributed by atoms with van der Waals surface area (Å²) in [7, 11) is 0. The predicted octanol–water partition coefficient (Wildman–Crippen LogP) is 2.96. The van der Waals surface area contributed by atoms with Crippen molar-refractivity contribution in [2.24, 2.45) is 0 Å². The lowest BCUT2D eigenvalue weighted by Crippen LogP contribution is -2.44. The number of halogens is 2. The average molecular weight is 259 g/mol. The van der Waals surface area contributed by atoms with Gasteiger partial charge < -0.3 is 5.32 Å². The molecule has 1 saturated heterocycles. The lowest BCUT2D eigenvalue weighted by atomic mass is 10.1. The molecule has 1 atom stereocenters. The Kier molecular flexibility index (Phi) is 4.09. The van der Waals surface area contributed by atoms with E-state index < -0.39 is 0 Å². The Morgan fingerprint density at radius 2 is 1.75 bits per heavy atom. The minimum absolute atomic E-state index is 0.281. The summed E-state index contributed by atoms with van der Waals surface area (Å²) in [5.41, 5.74) is 1.05. The average Bonchev–Trinajstić information content (AvgIpc) is 2.30. The fourth-order valence-corrected chi connectivity index (χ4v) is 2.88. The van der Waals surface area contributed by atoms with Crippen LogP contribution < -0.4 is 5.32 Å². The van der Waals surface area contributed by atoms with Crippen molar-refractivity contribution in [2.75, 3.05) is 26.2 Å². The summed E-state index contributed by atoms with van der Waals surface area (Å²) >= 11 is 12.4. The fourth-order valence-electron chi connectivity index (χ4n) is 2.16. The summed E-state index contributed by atoms with van der Waals surface area (Å²) < 4.78 is 0. The van der Waals surface area contributed by atoms with E-state index in [1.54, 1.807) is 0 Å². The Balaban J connectivity index is 2.22. The van der Waals surface area contributed by atoms with Gasteiger partial charge in [-0.1, -0.05) is 29.3 Å². The Labute approximate surface area is 107 Å². The summed E-state index contributed by atoms with van der Waals surface area (Å²) in [6.45, 7) is 6.32. The van der Waals surface area contributed by atoms with Gasteiger partial charge in [0.1, 0.15) is 0 Å². The third-order valence-corrected chi connectivity index (χ3v) is 3.78. The molecule has 2 nitrogen and oxygen atoms in total. The number of nitrogens with zero attached hydrogens (tertiary/aromatic N) is 1. The summed E-state index contributed by atoms with van der Waals surface area (Å²) in [4.78, 5) is 2.41. The van der Waals surface area contributed by atoms with Gasteiger partial charge in [0.15, 0.2) is 0 Å². The zero-order valence-electron chi connectivity index (χ0n) is 9.34. The van der Waals surface area contributed by atoms with Crippen LogP contribution in [0.15, 0.2) is 18.2 Å². The molecule has 88 valence electrons. The topological polar surface area (TPSA) is 15.3 Å². The van der Waals surface area contributed by atoms with Gasteiger partial charge in [-0.2, -0.15) is 0 Å². The first kappa shape index (κ1) is 12.2.